The van der Waals surface area contributed by atoms with Crippen molar-refractivity contribution in [1.29, 1.82) is 0 Å². The molecule has 128 valence electrons. The minimum Gasteiger partial charge on any atom is -0.478 e. The summed E-state index contributed by atoms with van der Waals surface area (Å²) < 4.78 is 38.2. The number of fused-ring (bicyclic) bond motifs is 1. The van der Waals surface area contributed by atoms with Crippen molar-refractivity contribution in [2.75, 3.05) is 26.9 Å². The van der Waals surface area contributed by atoms with Gasteiger partial charge in [-0.05, 0) is 18.5 Å². The Morgan fingerprint density at radius 1 is 1.48 bits per heavy atom. The Morgan fingerprint density at radius 2 is 2.26 bits per heavy atom. The predicted octanol–water partition coefficient (Wildman–Crippen LogP) is -0.216. The molecule has 3 heterocycles. The fraction of sp³-hybridized carbons (Fsp3) is 0.615. The fourth-order valence-corrected chi connectivity index (χ4v) is 5.97. The molecule has 1 aromatic heterocycles. The molecular formula is C13H18N2O6S2. The molecule has 8 nitrogen and oxygen atoms in total. The molecule has 0 saturated carbocycles. The molecule has 0 unspecified atom stereocenters. The summed E-state index contributed by atoms with van der Waals surface area (Å²) in [5.74, 6) is -1.21. The summed E-state index contributed by atoms with van der Waals surface area (Å²) in [7, 11) is -2.47. The van der Waals surface area contributed by atoms with E-state index in [0.29, 0.717) is 31.7 Å². The number of nitrogens with one attached hydrogen (secondary N) is 2. The Bertz CT molecular complexity index is 714. The Kier molecular flexibility index (Phi) is 4.72. The number of thiophene rings is 1. The number of methoxy groups -OCH3 is 1. The minimum absolute atomic E-state index is 0.105. The molecule has 0 spiro atoms. The first-order valence-corrected chi connectivity index (χ1v) is 9.45. The third-order valence-electron chi connectivity index (χ3n) is 3.99. The van der Waals surface area contributed by atoms with Gasteiger partial charge in [0.2, 0.25) is 0 Å². The zero-order valence-electron chi connectivity index (χ0n) is 12.5. The maximum Gasteiger partial charge on any atom is 0.338 e. The minimum atomic E-state index is -3.96. The van der Waals surface area contributed by atoms with Gasteiger partial charge in [-0.2, -0.15) is 0 Å². The van der Waals surface area contributed by atoms with Gasteiger partial charge in [0.25, 0.3) is 10.0 Å². The lowest BCUT2D eigenvalue weighted by molar-refractivity contribution is 0.0692. The second kappa shape index (κ2) is 6.46. The molecule has 1 fully saturated rings. The van der Waals surface area contributed by atoms with Crippen LogP contribution in [0, 0.1) is 0 Å². The normalized spacial score (nSPS) is 24.6. The third-order valence-corrected chi connectivity index (χ3v) is 7.23. The highest BCUT2D eigenvalue weighted by molar-refractivity contribution is 7.91. The molecule has 0 aromatic carbocycles. The molecule has 2 atom stereocenters. The van der Waals surface area contributed by atoms with E-state index in [-0.39, 0.29) is 22.5 Å². The molecule has 0 bridgehead atoms. The van der Waals surface area contributed by atoms with Gasteiger partial charge in [0.05, 0.1) is 30.9 Å². The van der Waals surface area contributed by atoms with Gasteiger partial charge in [-0.15, -0.1) is 11.3 Å². The number of rotatable bonds is 5. The van der Waals surface area contributed by atoms with E-state index < -0.39 is 22.0 Å². The summed E-state index contributed by atoms with van der Waals surface area (Å²) in [6.45, 7) is 1.63. The Morgan fingerprint density at radius 3 is 2.96 bits per heavy atom. The molecule has 2 aliphatic rings. The van der Waals surface area contributed by atoms with Crippen LogP contribution in [0.1, 0.15) is 20.8 Å². The highest BCUT2D eigenvalue weighted by Gasteiger charge is 2.37. The van der Waals surface area contributed by atoms with Crippen LogP contribution in [0.3, 0.4) is 0 Å². The van der Waals surface area contributed by atoms with Crippen molar-refractivity contribution in [1.82, 2.24) is 10.0 Å². The van der Waals surface area contributed by atoms with Crippen molar-refractivity contribution in [2.45, 2.75) is 29.3 Å². The zero-order chi connectivity index (χ0) is 16.6. The summed E-state index contributed by atoms with van der Waals surface area (Å²) in [5, 5.41) is 12.6. The highest BCUT2D eigenvalue weighted by Crippen LogP contribution is 2.34. The van der Waals surface area contributed by atoms with Crippen LogP contribution in [-0.2, 0) is 32.5 Å². The second-order valence-corrected chi connectivity index (χ2v) is 8.45. The van der Waals surface area contributed by atoms with E-state index in [1.807, 2.05) is 0 Å². The fourth-order valence-electron chi connectivity index (χ4n) is 2.84. The van der Waals surface area contributed by atoms with E-state index in [0.717, 1.165) is 16.2 Å². The van der Waals surface area contributed by atoms with Crippen molar-refractivity contribution < 1.29 is 27.8 Å². The molecule has 1 aromatic rings. The quantitative estimate of drug-likeness (QED) is 0.664. The van der Waals surface area contributed by atoms with E-state index in [4.69, 9.17) is 9.47 Å². The highest BCUT2D eigenvalue weighted by atomic mass is 32.2. The number of hydrogen-bond acceptors (Lipinski definition) is 7. The van der Waals surface area contributed by atoms with Crippen molar-refractivity contribution in [3.8, 4) is 0 Å². The van der Waals surface area contributed by atoms with E-state index in [1.165, 1.54) is 7.11 Å². The average Bonchev–Trinajstić information content (AvgIpc) is 3.10. The van der Waals surface area contributed by atoms with Crippen LogP contribution >= 0.6 is 11.3 Å². The average molecular weight is 362 g/mol. The van der Waals surface area contributed by atoms with E-state index in [1.54, 1.807) is 0 Å². The molecular weight excluding hydrogens is 344 g/mol. The van der Waals surface area contributed by atoms with E-state index in [2.05, 4.69) is 10.0 Å². The van der Waals surface area contributed by atoms with E-state index in [9.17, 15) is 18.3 Å². The van der Waals surface area contributed by atoms with Crippen molar-refractivity contribution in [3.05, 3.63) is 16.0 Å². The Balaban J connectivity index is 1.96. The molecule has 10 heteroatoms. The Hall–Kier alpha value is -1.04. The first-order valence-electron chi connectivity index (χ1n) is 7.15. The lowest BCUT2D eigenvalue weighted by Gasteiger charge is -2.17. The van der Waals surface area contributed by atoms with Crippen LogP contribution in [0.4, 0.5) is 0 Å². The first kappa shape index (κ1) is 16.8. The smallest absolute Gasteiger partial charge is 0.338 e. The lowest BCUT2D eigenvalue weighted by atomic mass is 10.1. The molecule has 23 heavy (non-hydrogen) atoms. The number of carbonyl (C=O) groups is 1. The molecule has 0 amide bonds. The molecule has 0 radical (unpaired) electrons. The summed E-state index contributed by atoms with van der Waals surface area (Å²) in [6.07, 6.45) is 0.130. The SMILES string of the molecule is CO[C@H]1COC[C@@H]1NS(=O)(=O)c1sc2c(c1C(=O)O)CCNC2. The molecule has 0 aliphatic carbocycles. The summed E-state index contributed by atoms with van der Waals surface area (Å²) in [4.78, 5) is 12.4. The number of aromatic carboxylic acids is 1. The number of carboxylic acids is 1. The standard InChI is InChI=1S/C13H18N2O6S2/c1-20-9-6-21-5-8(9)15-23(18,19)13-11(12(16)17)7-2-3-14-4-10(7)22-13/h8-9,14-15H,2-6H2,1H3,(H,16,17)/t8-,9-/m0/s1. The van der Waals surface area contributed by atoms with Crippen LogP contribution < -0.4 is 10.0 Å². The predicted molar refractivity (Wildman–Crippen MR) is 82.4 cm³/mol. The van der Waals surface area contributed by atoms with Crippen LogP contribution in [0.5, 0.6) is 0 Å². The summed E-state index contributed by atoms with van der Waals surface area (Å²) in [5.41, 5.74) is 0.513. The third kappa shape index (κ3) is 3.14. The van der Waals surface area contributed by atoms with Crippen molar-refractivity contribution >= 4 is 27.3 Å². The molecule has 3 N–H and O–H groups in total. The van der Waals surface area contributed by atoms with Gasteiger partial charge in [-0.25, -0.2) is 17.9 Å². The second-order valence-electron chi connectivity index (χ2n) is 5.44. The number of carboxylic acid groups (broad SMARTS) is 1. The monoisotopic (exact) mass is 362 g/mol. The maximum absolute atomic E-state index is 12.7. The van der Waals surface area contributed by atoms with Gasteiger partial charge in [0.1, 0.15) is 4.21 Å². The number of hydrogen-bond donors (Lipinski definition) is 3. The molecule has 3 rings (SSSR count). The van der Waals surface area contributed by atoms with Crippen LogP contribution in [0.2, 0.25) is 0 Å². The number of sulfonamides is 1. The van der Waals surface area contributed by atoms with Gasteiger partial charge < -0.3 is 19.9 Å². The first-order chi connectivity index (χ1) is 10.9. The van der Waals surface area contributed by atoms with Gasteiger partial charge in [0.15, 0.2) is 0 Å². The van der Waals surface area contributed by atoms with Gasteiger partial charge in [-0.1, -0.05) is 0 Å². The number of ether oxygens (including phenoxy) is 2. The largest absolute Gasteiger partial charge is 0.478 e. The summed E-state index contributed by atoms with van der Waals surface area (Å²) in [6, 6.07) is -0.524. The Labute approximate surface area is 137 Å². The van der Waals surface area contributed by atoms with Crippen LogP contribution in [0.15, 0.2) is 4.21 Å². The van der Waals surface area contributed by atoms with Gasteiger partial charge >= 0.3 is 5.97 Å². The lowest BCUT2D eigenvalue weighted by Crippen LogP contribution is -2.43. The van der Waals surface area contributed by atoms with Gasteiger partial charge in [-0.3, -0.25) is 0 Å². The zero-order valence-corrected chi connectivity index (χ0v) is 14.1. The van der Waals surface area contributed by atoms with Crippen molar-refractivity contribution in [3.63, 3.8) is 0 Å². The van der Waals surface area contributed by atoms with Gasteiger partial charge in [0, 0.05) is 18.5 Å². The summed E-state index contributed by atoms with van der Waals surface area (Å²) >= 11 is 1.01. The van der Waals surface area contributed by atoms with Crippen LogP contribution in [0.25, 0.3) is 0 Å². The van der Waals surface area contributed by atoms with Crippen LogP contribution in [-0.4, -0.2) is 58.5 Å². The van der Waals surface area contributed by atoms with Crippen molar-refractivity contribution in [2.24, 2.45) is 0 Å². The molecule has 2 aliphatic heterocycles. The molecule has 1 saturated heterocycles. The van der Waals surface area contributed by atoms with E-state index >= 15 is 0 Å². The maximum atomic E-state index is 12.7. The topological polar surface area (TPSA) is 114 Å².